The molecule has 1 atom stereocenters. The summed E-state index contributed by atoms with van der Waals surface area (Å²) in [7, 11) is -3.83. The number of sulfonamides is 1. The molecule has 27 heavy (non-hydrogen) atoms. The van der Waals surface area contributed by atoms with Crippen molar-refractivity contribution in [3.8, 4) is 0 Å². The lowest BCUT2D eigenvalue weighted by Gasteiger charge is -2.34. The molecule has 1 N–H and O–H groups in total. The van der Waals surface area contributed by atoms with Gasteiger partial charge in [0.15, 0.2) is 0 Å². The van der Waals surface area contributed by atoms with Crippen LogP contribution < -0.4 is 4.72 Å². The third-order valence-electron chi connectivity index (χ3n) is 4.33. The first-order valence-electron chi connectivity index (χ1n) is 8.38. The Morgan fingerprint density at radius 3 is 2.41 bits per heavy atom. The van der Waals surface area contributed by atoms with Crippen molar-refractivity contribution in [3.05, 3.63) is 63.9 Å². The van der Waals surface area contributed by atoms with Gasteiger partial charge in [0.25, 0.3) is 0 Å². The SMILES string of the molecule is O=S(=O)(NCC(c1cccc(F)c1)N1CCOCC1)c1cc(Cl)cc(Cl)c1. The first kappa shape index (κ1) is 20.5. The Morgan fingerprint density at radius 1 is 1.11 bits per heavy atom. The maximum absolute atomic E-state index is 13.7. The average Bonchev–Trinajstić information content (AvgIpc) is 2.62. The molecule has 1 aliphatic heterocycles. The van der Waals surface area contributed by atoms with E-state index in [0.29, 0.717) is 31.9 Å². The van der Waals surface area contributed by atoms with Crippen LogP contribution in [0.4, 0.5) is 4.39 Å². The molecule has 0 spiro atoms. The number of hydrogen-bond acceptors (Lipinski definition) is 4. The minimum absolute atomic E-state index is 0.0139. The summed E-state index contributed by atoms with van der Waals surface area (Å²) >= 11 is 11.8. The first-order valence-corrected chi connectivity index (χ1v) is 10.6. The van der Waals surface area contributed by atoms with E-state index in [-0.39, 0.29) is 33.3 Å². The molecule has 146 valence electrons. The summed E-state index contributed by atoms with van der Waals surface area (Å²) in [5.41, 5.74) is 0.698. The highest BCUT2D eigenvalue weighted by atomic mass is 35.5. The molecule has 1 aliphatic rings. The summed E-state index contributed by atoms with van der Waals surface area (Å²) in [6.07, 6.45) is 0. The van der Waals surface area contributed by atoms with E-state index in [0.717, 1.165) is 0 Å². The average molecular weight is 433 g/mol. The van der Waals surface area contributed by atoms with Crippen molar-refractivity contribution in [2.45, 2.75) is 10.9 Å². The van der Waals surface area contributed by atoms with E-state index < -0.39 is 10.0 Å². The van der Waals surface area contributed by atoms with Crippen LogP contribution in [0.5, 0.6) is 0 Å². The van der Waals surface area contributed by atoms with Gasteiger partial charge in [-0.15, -0.1) is 0 Å². The summed E-state index contributed by atoms with van der Waals surface area (Å²) in [5, 5.41) is 0.468. The van der Waals surface area contributed by atoms with Gasteiger partial charge in [0.2, 0.25) is 10.0 Å². The van der Waals surface area contributed by atoms with Gasteiger partial charge in [-0.1, -0.05) is 35.3 Å². The molecule has 1 saturated heterocycles. The van der Waals surface area contributed by atoms with E-state index in [1.165, 1.54) is 30.3 Å². The maximum Gasteiger partial charge on any atom is 0.240 e. The lowest BCUT2D eigenvalue weighted by molar-refractivity contribution is 0.0171. The standard InChI is InChI=1S/C18H19Cl2FN2O3S/c19-14-9-15(20)11-17(10-14)27(24,25)22-12-18(23-4-6-26-7-5-23)13-2-1-3-16(21)8-13/h1-3,8-11,18,22H,4-7,12H2. The van der Waals surface area contributed by atoms with Gasteiger partial charge in [0.05, 0.1) is 18.1 Å². The van der Waals surface area contributed by atoms with Gasteiger partial charge in [-0.05, 0) is 35.9 Å². The van der Waals surface area contributed by atoms with Crippen molar-refractivity contribution in [2.75, 3.05) is 32.8 Å². The highest BCUT2D eigenvalue weighted by Gasteiger charge is 2.25. The molecule has 0 aromatic heterocycles. The molecule has 0 amide bonds. The minimum Gasteiger partial charge on any atom is -0.379 e. The van der Waals surface area contributed by atoms with Crippen LogP contribution in [-0.2, 0) is 14.8 Å². The zero-order chi connectivity index (χ0) is 19.4. The van der Waals surface area contributed by atoms with Gasteiger partial charge in [0.1, 0.15) is 5.82 Å². The van der Waals surface area contributed by atoms with Gasteiger partial charge >= 0.3 is 0 Å². The topological polar surface area (TPSA) is 58.6 Å². The highest BCUT2D eigenvalue weighted by molar-refractivity contribution is 7.89. The molecule has 2 aromatic rings. The smallest absolute Gasteiger partial charge is 0.240 e. The Kier molecular flexibility index (Phi) is 6.73. The fraction of sp³-hybridized carbons (Fsp3) is 0.333. The number of benzene rings is 2. The van der Waals surface area contributed by atoms with E-state index >= 15 is 0 Å². The van der Waals surface area contributed by atoms with Gasteiger partial charge in [0, 0.05) is 35.7 Å². The van der Waals surface area contributed by atoms with E-state index in [1.807, 2.05) is 0 Å². The third-order valence-corrected chi connectivity index (χ3v) is 6.17. The van der Waals surface area contributed by atoms with Crippen LogP contribution in [0.3, 0.4) is 0 Å². The van der Waals surface area contributed by atoms with Crippen LogP contribution in [0.25, 0.3) is 0 Å². The van der Waals surface area contributed by atoms with Crippen LogP contribution in [-0.4, -0.2) is 46.2 Å². The summed E-state index contributed by atoms with van der Waals surface area (Å²) in [5.74, 6) is -0.366. The Hall–Kier alpha value is -1.22. The van der Waals surface area contributed by atoms with Crippen molar-refractivity contribution in [2.24, 2.45) is 0 Å². The maximum atomic E-state index is 13.7. The number of halogens is 3. The number of morpholine rings is 1. The van der Waals surface area contributed by atoms with Crippen molar-refractivity contribution < 1.29 is 17.5 Å². The molecule has 1 unspecified atom stereocenters. The summed E-state index contributed by atoms with van der Waals surface area (Å²) in [6, 6.07) is 9.99. The van der Waals surface area contributed by atoms with E-state index in [2.05, 4.69) is 9.62 Å². The summed E-state index contributed by atoms with van der Waals surface area (Å²) in [6.45, 7) is 2.43. The van der Waals surface area contributed by atoms with Gasteiger partial charge in [-0.3, -0.25) is 4.90 Å². The second-order valence-corrected chi connectivity index (χ2v) is 8.82. The zero-order valence-electron chi connectivity index (χ0n) is 14.4. The van der Waals surface area contributed by atoms with Crippen LogP contribution in [0.15, 0.2) is 47.4 Å². The number of ether oxygens (including phenoxy) is 1. The van der Waals surface area contributed by atoms with Gasteiger partial charge in [-0.2, -0.15) is 0 Å². The first-order chi connectivity index (χ1) is 12.8. The van der Waals surface area contributed by atoms with Crippen LogP contribution in [0.2, 0.25) is 10.0 Å². The molecule has 9 heteroatoms. The van der Waals surface area contributed by atoms with Crippen molar-refractivity contribution in [1.82, 2.24) is 9.62 Å². The molecular weight excluding hydrogens is 414 g/mol. The number of hydrogen-bond donors (Lipinski definition) is 1. The van der Waals surface area contributed by atoms with Crippen molar-refractivity contribution >= 4 is 33.2 Å². The summed E-state index contributed by atoms with van der Waals surface area (Å²) in [4.78, 5) is 2.06. The second kappa shape index (κ2) is 8.86. The molecule has 1 heterocycles. The minimum atomic E-state index is -3.83. The molecule has 5 nitrogen and oxygen atoms in total. The molecule has 0 radical (unpaired) electrons. The van der Waals surface area contributed by atoms with Crippen LogP contribution in [0.1, 0.15) is 11.6 Å². The molecule has 2 aromatic carbocycles. The monoisotopic (exact) mass is 432 g/mol. The Labute approximate surface area is 168 Å². The fourth-order valence-electron chi connectivity index (χ4n) is 3.02. The predicted molar refractivity (Wildman–Crippen MR) is 103 cm³/mol. The number of nitrogens with zero attached hydrogens (tertiary/aromatic N) is 1. The lowest BCUT2D eigenvalue weighted by Crippen LogP contribution is -2.43. The molecule has 0 bridgehead atoms. The Morgan fingerprint density at radius 2 is 1.78 bits per heavy atom. The molecule has 0 saturated carbocycles. The van der Waals surface area contributed by atoms with Crippen LogP contribution in [0, 0.1) is 5.82 Å². The zero-order valence-corrected chi connectivity index (χ0v) is 16.7. The van der Waals surface area contributed by atoms with E-state index in [1.54, 1.807) is 12.1 Å². The normalized spacial score (nSPS) is 17.0. The van der Waals surface area contributed by atoms with Gasteiger partial charge in [-0.25, -0.2) is 17.5 Å². The predicted octanol–water partition coefficient (Wildman–Crippen LogP) is 3.48. The Balaban J connectivity index is 1.83. The summed E-state index contributed by atoms with van der Waals surface area (Å²) < 4.78 is 47.0. The Bertz CT molecular complexity index is 885. The largest absolute Gasteiger partial charge is 0.379 e. The van der Waals surface area contributed by atoms with Crippen molar-refractivity contribution in [1.29, 1.82) is 0 Å². The molecule has 3 rings (SSSR count). The van der Waals surface area contributed by atoms with E-state index in [9.17, 15) is 12.8 Å². The number of nitrogens with one attached hydrogen (secondary N) is 1. The van der Waals surface area contributed by atoms with Crippen molar-refractivity contribution in [3.63, 3.8) is 0 Å². The molecular formula is C18H19Cl2FN2O3S. The molecule has 0 aliphatic carbocycles. The highest BCUT2D eigenvalue weighted by Crippen LogP contribution is 2.25. The number of rotatable bonds is 6. The third kappa shape index (κ3) is 5.40. The van der Waals surface area contributed by atoms with Gasteiger partial charge < -0.3 is 4.74 Å². The molecule has 1 fully saturated rings. The quantitative estimate of drug-likeness (QED) is 0.758. The second-order valence-electron chi connectivity index (χ2n) is 6.18. The van der Waals surface area contributed by atoms with Crippen LogP contribution >= 0.6 is 23.2 Å². The fourth-order valence-corrected chi connectivity index (χ4v) is 4.78. The van der Waals surface area contributed by atoms with E-state index in [4.69, 9.17) is 27.9 Å². The lowest BCUT2D eigenvalue weighted by atomic mass is 10.0.